The van der Waals surface area contributed by atoms with Crippen LogP contribution in [0.25, 0.3) is 0 Å². The van der Waals surface area contributed by atoms with Crippen LogP contribution in [0.1, 0.15) is 50.4 Å². The van der Waals surface area contributed by atoms with Gasteiger partial charge < -0.3 is 5.32 Å². The van der Waals surface area contributed by atoms with Gasteiger partial charge >= 0.3 is 0 Å². The predicted octanol–water partition coefficient (Wildman–Crippen LogP) is 2.92. The van der Waals surface area contributed by atoms with Gasteiger partial charge in [-0.2, -0.15) is 5.10 Å². The molecule has 2 rings (SSSR count). The average Bonchev–Trinajstić information content (AvgIpc) is 2.78. The molecule has 2 heterocycles. The van der Waals surface area contributed by atoms with Gasteiger partial charge in [-0.05, 0) is 46.2 Å². The van der Waals surface area contributed by atoms with Gasteiger partial charge in [0.1, 0.15) is 6.54 Å². The summed E-state index contributed by atoms with van der Waals surface area (Å²) in [6.07, 6.45) is 6.16. The Balaban J connectivity index is 1.83. The molecular weight excluding hydrogens is 312 g/mol. The number of rotatable bonds is 7. The number of aromatic nitrogens is 2. The number of nitrogens with one attached hydrogen (secondary N) is 1. The third-order valence-corrected chi connectivity index (χ3v) is 5.22. The van der Waals surface area contributed by atoms with Crippen molar-refractivity contribution in [3.05, 3.63) is 16.4 Å². The summed E-state index contributed by atoms with van der Waals surface area (Å²) in [6.45, 7) is 9.25. The molecule has 130 valence electrons. The number of unbranched alkanes of at least 4 members (excludes halogenated alkanes) is 1. The van der Waals surface area contributed by atoms with E-state index in [4.69, 9.17) is 11.6 Å². The standard InChI is InChI=1S/C17H29ClN4O/c1-4-5-9-21-10-7-6-8-15(21)11-19-16(23)12-22-14(3)17(18)13(2)20-22/h15H,4-12H2,1-3H3,(H,19,23). The highest BCUT2D eigenvalue weighted by atomic mass is 35.5. The Kier molecular flexibility index (Phi) is 6.90. The molecule has 1 atom stereocenters. The van der Waals surface area contributed by atoms with Crippen molar-refractivity contribution >= 4 is 17.5 Å². The zero-order valence-corrected chi connectivity index (χ0v) is 15.3. The molecule has 0 saturated carbocycles. The lowest BCUT2D eigenvalue weighted by Gasteiger charge is -2.35. The second-order valence-electron chi connectivity index (χ2n) is 6.49. The van der Waals surface area contributed by atoms with Crippen molar-refractivity contribution in [2.75, 3.05) is 19.6 Å². The summed E-state index contributed by atoms with van der Waals surface area (Å²) in [5.41, 5.74) is 1.62. The summed E-state index contributed by atoms with van der Waals surface area (Å²) in [7, 11) is 0. The number of carbonyl (C=O) groups is 1. The molecule has 23 heavy (non-hydrogen) atoms. The van der Waals surface area contributed by atoms with E-state index in [2.05, 4.69) is 22.2 Å². The van der Waals surface area contributed by atoms with E-state index in [1.807, 2.05) is 13.8 Å². The van der Waals surface area contributed by atoms with Crippen molar-refractivity contribution in [2.24, 2.45) is 0 Å². The van der Waals surface area contributed by atoms with Crippen LogP contribution in [0.15, 0.2) is 0 Å². The number of likely N-dealkylation sites (tertiary alicyclic amines) is 1. The highest BCUT2D eigenvalue weighted by Gasteiger charge is 2.22. The predicted molar refractivity (Wildman–Crippen MR) is 93.8 cm³/mol. The third kappa shape index (κ3) is 4.95. The number of aryl methyl sites for hydroxylation is 1. The normalized spacial score (nSPS) is 19.0. The lowest BCUT2D eigenvalue weighted by Crippen LogP contribution is -2.47. The molecule has 1 fully saturated rings. The van der Waals surface area contributed by atoms with E-state index in [9.17, 15) is 4.79 Å². The van der Waals surface area contributed by atoms with Crippen LogP contribution >= 0.6 is 11.6 Å². The first kappa shape index (κ1) is 18.3. The molecule has 1 aromatic rings. The first-order valence-corrected chi connectivity index (χ1v) is 9.11. The average molecular weight is 341 g/mol. The first-order chi connectivity index (χ1) is 11.0. The van der Waals surface area contributed by atoms with Gasteiger partial charge in [-0.3, -0.25) is 14.4 Å². The molecule has 1 N–H and O–H groups in total. The fourth-order valence-corrected chi connectivity index (χ4v) is 3.33. The van der Waals surface area contributed by atoms with Crippen molar-refractivity contribution in [1.29, 1.82) is 0 Å². The van der Waals surface area contributed by atoms with Gasteiger partial charge in [-0.1, -0.05) is 31.4 Å². The Bertz CT molecular complexity index is 529. The van der Waals surface area contributed by atoms with Crippen molar-refractivity contribution in [3.63, 3.8) is 0 Å². The Labute approximate surface area is 144 Å². The van der Waals surface area contributed by atoms with E-state index in [0.29, 0.717) is 11.1 Å². The summed E-state index contributed by atoms with van der Waals surface area (Å²) >= 11 is 6.13. The van der Waals surface area contributed by atoms with E-state index in [-0.39, 0.29) is 12.5 Å². The topological polar surface area (TPSA) is 50.2 Å². The molecule has 1 amide bonds. The van der Waals surface area contributed by atoms with E-state index < -0.39 is 0 Å². The monoisotopic (exact) mass is 340 g/mol. The zero-order valence-electron chi connectivity index (χ0n) is 14.6. The van der Waals surface area contributed by atoms with Gasteiger partial charge in [0.15, 0.2) is 0 Å². The molecule has 0 radical (unpaired) electrons. The van der Waals surface area contributed by atoms with Gasteiger partial charge in [0.2, 0.25) is 5.91 Å². The molecular formula is C17H29ClN4O. The minimum absolute atomic E-state index is 0.00767. The van der Waals surface area contributed by atoms with E-state index in [0.717, 1.165) is 31.0 Å². The fourth-order valence-electron chi connectivity index (χ4n) is 3.20. The van der Waals surface area contributed by atoms with Crippen LogP contribution in [0.2, 0.25) is 5.02 Å². The smallest absolute Gasteiger partial charge is 0.241 e. The molecule has 1 aromatic heterocycles. The number of hydrogen-bond donors (Lipinski definition) is 1. The molecule has 1 saturated heterocycles. The van der Waals surface area contributed by atoms with Crippen molar-refractivity contribution < 1.29 is 4.79 Å². The highest BCUT2D eigenvalue weighted by Crippen LogP contribution is 2.19. The summed E-state index contributed by atoms with van der Waals surface area (Å²) in [5.74, 6) is 0.00767. The number of carbonyl (C=O) groups excluding carboxylic acids is 1. The molecule has 0 aliphatic carbocycles. The van der Waals surface area contributed by atoms with Crippen LogP contribution in [0.5, 0.6) is 0 Å². The first-order valence-electron chi connectivity index (χ1n) is 8.73. The Hall–Kier alpha value is -1.07. The summed E-state index contributed by atoms with van der Waals surface area (Å²) in [4.78, 5) is 14.8. The molecule has 5 nitrogen and oxygen atoms in total. The van der Waals surface area contributed by atoms with Crippen LogP contribution in [-0.2, 0) is 11.3 Å². The summed E-state index contributed by atoms with van der Waals surface area (Å²) in [6, 6.07) is 0.475. The summed E-state index contributed by atoms with van der Waals surface area (Å²) in [5, 5.41) is 8.04. The van der Waals surface area contributed by atoms with Gasteiger partial charge in [0, 0.05) is 12.6 Å². The largest absolute Gasteiger partial charge is 0.353 e. The maximum Gasteiger partial charge on any atom is 0.241 e. The van der Waals surface area contributed by atoms with Crippen molar-refractivity contribution in [2.45, 2.75) is 65.5 Å². The van der Waals surface area contributed by atoms with Crippen LogP contribution in [-0.4, -0.2) is 46.3 Å². The van der Waals surface area contributed by atoms with Crippen LogP contribution < -0.4 is 5.32 Å². The van der Waals surface area contributed by atoms with Crippen LogP contribution in [0.3, 0.4) is 0 Å². The Morgan fingerprint density at radius 1 is 1.39 bits per heavy atom. The zero-order chi connectivity index (χ0) is 16.8. The van der Waals surface area contributed by atoms with Crippen LogP contribution in [0.4, 0.5) is 0 Å². The molecule has 1 unspecified atom stereocenters. The quantitative estimate of drug-likeness (QED) is 0.830. The molecule has 6 heteroatoms. The molecule has 0 aromatic carbocycles. The molecule has 1 aliphatic heterocycles. The van der Waals surface area contributed by atoms with Gasteiger partial charge in [0.25, 0.3) is 0 Å². The lowest BCUT2D eigenvalue weighted by molar-refractivity contribution is -0.122. The number of hydrogen-bond acceptors (Lipinski definition) is 3. The molecule has 1 aliphatic rings. The maximum absolute atomic E-state index is 12.2. The second-order valence-corrected chi connectivity index (χ2v) is 6.86. The van der Waals surface area contributed by atoms with E-state index in [1.54, 1.807) is 4.68 Å². The SMILES string of the molecule is CCCCN1CCCCC1CNC(=O)Cn1nc(C)c(Cl)c1C. The Morgan fingerprint density at radius 2 is 2.17 bits per heavy atom. The van der Waals surface area contributed by atoms with Gasteiger partial charge in [-0.15, -0.1) is 0 Å². The molecule has 0 spiro atoms. The highest BCUT2D eigenvalue weighted by molar-refractivity contribution is 6.31. The van der Waals surface area contributed by atoms with E-state index >= 15 is 0 Å². The number of halogens is 1. The second kappa shape index (κ2) is 8.69. The molecule has 0 bridgehead atoms. The third-order valence-electron chi connectivity index (χ3n) is 4.67. The van der Waals surface area contributed by atoms with E-state index in [1.165, 1.54) is 32.1 Å². The van der Waals surface area contributed by atoms with Gasteiger partial charge in [-0.25, -0.2) is 0 Å². The Morgan fingerprint density at radius 3 is 2.83 bits per heavy atom. The summed E-state index contributed by atoms with van der Waals surface area (Å²) < 4.78 is 1.68. The minimum Gasteiger partial charge on any atom is -0.353 e. The van der Waals surface area contributed by atoms with Crippen molar-refractivity contribution in [1.82, 2.24) is 20.0 Å². The number of nitrogens with zero attached hydrogens (tertiary/aromatic N) is 3. The number of piperidine rings is 1. The van der Waals surface area contributed by atoms with Crippen LogP contribution in [0, 0.1) is 13.8 Å². The number of amides is 1. The van der Waals surface area contributed by atoms with Crippen molar-refractivity contribution in [3.8, 4) is 0 Å². The maximum atomic E-state index is 12.2. The van der Waals surface area contributed by atoms with Gasteiger partial charge in [0.05, 0.1) is 16.4 Å². The fraction of sp³-hybridized carbons (Fsp3) is 0.765. The minimum atomic E-state index is 0.00767. The lowest BCUT2D eigenvalue weighted by atomic mass is 10.0.